The topological polar surface area (TPSA) is 12.9 Å². The van der Waals surface area contributed by atoms with Gasteiger partial charge in [-0.05, 0) is 6.08 Å². The molecule has 1 aromatic rings. The molecule has 0 saturated heterocycles. The minimum Gasteiger partial charge on any atom is -0.229 e. The Kier molecular flexibility index (Phi) is 2.35. The average Bonchev–Trinajstić information content (AvgIpc) is 2.23. The van der Waals surface area contributed by atoms with Crippen molar-refractivity contribution >= 4 is 44.9 Å². The molecular formula is C8H5BrClNS. The van der Waals surface area contributed by atoms with E-state index in [0.717, 1.165) is 21.5 Å². The van der Waals surface area contributed by atoms with E-state index in [1.54, 1.807) is 0 Å². The first-order chi connectivity index (χ1) is 5.75. The van der Waals surface area contributed by atoms with E-state index in [2.05, 4.69) is 27.0 Å². The molecule has 0 aromatic carbocycles. The van der Waals surface area contributed by atoms with Crippen molar-refractivity contribution in [2.45, 2.75) is 6.42 Å². The van der Waals surface area contributed by atoms with Crippen LogP contribution in [0.25, 0.3) is 6.08 Å². The first-order valence-corrected chi connectivity index (χ1v) is 5.43. The predicted octanol–water partition coefficient (Wildman–Crippen LogP) is 3.64. The molecule has 0 atom stereocenters. The second-order valence-electron chi connectivity index (χ2n) is 2.41. The van der Waals surface area contributed by atoms with Gasteiger partial charge in [-0.3, -0.25) is 0 Å². The Morgan fingerprint density at radius 1 is 1.58 bits per heavy atom. The number of nitrogens with zero attached hydrogens (tertiary/aromatic N) is 1. The van der Waals surface area contributed by atoms with Crippen molar-refractivity contribution in [2.75, 3.05) is 0 Å². The van der Waals surface area contributed by atoms with Gasteiger partial charge in [0.05, 0.1) is 10.6 Å². The summed E-state index contributed by atoms with van der Waals surface area (Å²) < 4.78 is 1.69. The molecule has 4 heteroatoms. The molecule has 1 aliphatic rings. The molecule has 1 aliphatic carbocycles. The van der Waals surface area contributed by atoms with Gasteiger partial charge in [0.1, 0.15) is 0 Å². The first kappa shape index (κ1) is 8.48. The third kappa shape index (κ3) is 1.63. The molecule has 1 aromatic heterocycles. The summed E-state index contributed by atoms with van der Waals surface area (Å²) in [5, 5.41) is 0. The number of hydrogen-bond acceptors (Lipinski definition) is 2. The zero-order chi connectivity index (χ0) is 8.55. The lowest BCUT2D eigenvalue weighted by Crippen LogP contribution is -1.81. The van der Waals surface area contributed by atoms with Crippen LogP contribution >= 0.6 is 38.9 Å². The van der Waals surface area contributed by atoms with Gasteiger partial charge >= 0.3 is 0 Å². The van der Waals surface area contributed by atoms with E-state index in [0.29, 0.717) is 4.47 Å². The molecular weight excluding hydrogens is 258 g/mol. The lowest BCUT2D eigenvalue weighted by molar-refractivity contribution is 1.15. The summed E-state index contributed by atoms with van der Waals surface area (Å²) in [5.74, 6) is 0. The molecule has 0 unspecified atom stereocenters. The number of aromatic nitrogens is 1. The maximum Gasteiger partial charge on any atom is 0.184 e. The molecule has 0 fully saturated rings. The Balaban J connectivity index is 2.52. The van der Waals surface area contributed by atoms with Crippen LogP contribution in [0.15, 0.2) is 16.6 Å². The summed E-state index contributed by atoms with van der Waals surface area (Å²) in [6.45, 7) is 0. The van der Waals surface area contributed by atoms with Gasteiger partial charge in [-0.25, -0.2) is 4.98 Å². The monoisotopic (exact) mass is 261 g/mol. The summed E-state index contributed by atoms with van der Waals surface area (Å²) in [6.07, 6.45) is 7.01. The zero-order valence-corrected chi connectivity index (χ0v) is 9.21. The summed E-state index contributed by atoms with van der Waals surface area (Å²) >= 11 is 10.7. The van der Waals surface area contributed by atoms with E-state index in [1.165, 1.54) is 11.3 Å². The number of fused-ring (bicyclic) bond motifs is 1. The van der Waals surface area contributed by atoms with Crippen molar-refractivity contribution in [1.29, 1.82) is 0 Å². The SMILES string of the molecule is Clc1nc2c(s1)C=C(Br)C=CC2. The van der Waals surface area contributed by atoms with Crippen LogP contribution in [-0.4, -0.2) is 4.98 Å². The fourth-order valence-corrected chi connectivity index (χ4v) is 2.74. The van der Waals surface area contributed by atoms with E-state index in [9.17, 15) is 0 Å². The highest BCUT2D eigenvalue weighted by Gasteiger charge is 2.08. The fourth-order valence-electron chi connectivity index (χ4n) is 1.05. The second-order valence-corrected chi connectivity index (χ2v) is 4.94. The maximum atomic E-state index is 5.79. The van der Waals surface area contributed by atoms with Crippen LogP contribution in [0, 0.1) is 0 Å². The van der Waals surface area contributed by atoms with Crippen LogP contribution in [0.3, 0.4) is 0 Å². The number of thiazole rings is 1. The summed E-state index contributed by atoms with van der Waals surface area (Å²) in [4.78, 5) is 5.36. The van der Waals surface area contributed by atoms with Crippen molar-refractivity contribution in [3.63, 3.8) is 0 Å². The van der Waals surface area contributed by atoms with Crippen LogP contribution in [0.4, 0.5) is 0 Å². The first-order valence-electron chi connectivity index (χ1n) is 3.44. The minimum absolute atomic E-state index is 0.617. The van der Waals surface area contributed by atoms with Crippen LogP contribution in [0.5, 0.6) is 0 Å². The number of hydrogen-bond donors (Lipinski definition) is 0. The highest BCUT2D eigenvalue weighted by atomic mass is 79.9. The Hall–Kier alpha value is -0.120. The normalized spacial score (nSPS) is 15.3. The van der Waals surface area contributed by atoms with Gasteiger partial charge in [-0.1, -0.05) is 39.7 Å². The van der Waals surface area contributed by atoms with Gasteiger partial charge in [0.2, 0.25) is 0 Å². The largest absolute Gasteiger partial charge is 0.229 e. The molecule has 0 bridgehead atoms. The van der Waals surface area contributed by atoms with E-state index in [-0.39, 0.29) is 0 Å². The van der Waals surface area contributed by atoms with E-state index >= 15 is 0 Å². The minimum atomic E-state index is 0.617. The molecule has 0 radical (unpaired) electrons. The van der Waals surface area contributed by atoms with Crippen molar-refractivity contribution in [1.82, 2.24) is 4.98 Å². The van der Waals surface area contributed by atoms with Crippen LogP contribution in [0.2, 0.25) is 4.47 Å². The number of allylic oxidation sites excluding steroid dienone is 3. The van der Waals surface area contributed by atoms with Gasteiger partial charge in [-0.2, -0.15) is 0 Å². The predicted molar refractivity (Wildman–Crippen MR) is 56.9 cm³/mol. The van der Waals surface area contributed by atoms with Crippen molar-refractivity contribution in [3.05, 3.63) is 31.7 Å². The van der Waals surface area contributed by atoms with Crippen LogP contribution < -0.4 is 0 Å². The van der Waals surface area contributed by atoms with E-state index < -0.39 is 0 Å². The molecule has 0 N–H and O–H groups in total. The smallest absolute Gasteiger partial charge is 0.184 e. The standard InChI is InChI=1S/C8H5BrClNS/c9-5-2-1-3-6-7(4-5)12-8(10)11-6/h1-2,4H,3H2. The number of halogens is 2. The van der Waals surface area contributed by atoms with Gasteiger partial charge in [0.25, 0.3) is 0 Å². The maximum absolute atomic E-state index is 5.79. The van der Waals surface area contributed by atoms with Gasteiger partial charge in [-0.15, -0.1) is 11.3 Å². The molecule has 2 rings (SSSR count). The molecule has 0 aliphatic heterocycles. The van der Waals surface area contributed by atoms with Crippen molar-refractivity contribution in [3.8, 4) is 0 Å². The van der Waals surface area contributed by atoms with E-state index in [4.69, 9.17) is 11.6 Å². The Morgan fingerprint density at radius 2 is 2.42 bits per heavy atom. The Morgan fingerprint density at radius 3 is 3.25 bits per heavy atom. The summed E-state index contributed by atoms with van der Waals surface area (Å²) in [5.41, 5.74) is 1.07. The summed E-state index contributed by atoms with van der Waals surface area (Å²) in [6, 6.07) is 0. The second kappa shape index (κ2) is 3.32. The summed E-state index contributed by atoms with van der Waals surface area (Å²) in [7, 11) is 0. The lowest BCUT2D eigenvalue weighted by atomic mass is 10.3. The van der Waals surface area contributed by atoms with Crippen LogP contribution in [0.1, 0.15) is 10.6 Å². The Labute approximate surface area is 87.9 Å². The number of rotatable bonds is 0. The van der Waals surface area contributed by atoms with Crippen LogP contribution in [-0.2, 0) is 6.42 Å². The van der Waals surface area contributed by atoms with Gasteiger partial charge in [0.15, 0.2) is 4.47 Å². The van der Waals surface area contributed by atoms with E-state index in [1.807, 2.05) is 12.2 Å². The van der Waals surface area contributed by atoms with Gasteiger partial charge in [0, 0.05) is 10.9 Å². The zero-order valence-electron chi connectivity index (χ0n) is 6.05. The molecule has 62 valence electrons. The quantitative estimate of drug-likeness (QED) is 0.695. The Bertz CT molecular complexity index is 367. The molecule has 0 amide bonds. The average molecular weight is 263 g/mol. The highest BCUT2D eigenvalue weighted by Crippen LogP contribution is 2.29. The third-order valence-corrected chi connectivity index (χ3v) is 3.20. The third-order valence-electron chi connectivity index (χ3n) is 1.56. The molecule has 0 spiro atoms. The highest BCUT2D eigenvalue weighted by molar-refractivity contribution is 9.12. The molecule has 1 heterocycles. The molecule has 12 heavy (non-hydrogen) atoms. The lowest BCUT2D eigenvalue weighted by Gasteiger charge is -1.87. The molecule has 1 nitrogen and oxygen atoms in total. The van der Waals surface area contributed by atoms with Crippen molar-refractivity contribution < 1.29 is 0 Å². The molecule has 0 saturated carbocycles. The van der Waals surface area contributed by atoms with Gasteiger partial charge < -0.3 is 0 Å². The van der Waals surface area contributed by atoms with Crippen molar-refractivity contribution in [2.24, 2.45) is 0 Å². The fraction of sp³-hybridized carbons (Fsp3) is 0.125.